The highest BCUT2D eigenvalue weighted by Crippen LogP contribution is 2.26. The molecular weight excluding hydrogens is 350 g/mol. The van der Waals surface area contributed by atoms with Gasteiger partial charge in [-0.1, -0.05) is 26.0 Å². The summed E-state index contributed by atoms with van der Waals surface area (Å²) in [7, 11) is 0. The first-order valence-corrected chi connectivity index (χ1v) is 9.48. The molecule has 0 spiro atoms. The van der Waals surface area contributed by atoms with Gasteiger partial charge < -0.3 is 15.7 Å². The lowest BCUT2D eigenvalue weighted by Crippen LogP contribution is -2.30. The zero-order valence-electron chi connectivity index (χ0n) is 16.8. The molecule has 1 aromatic carbocycles. The van der Waals surface area contributed by atoms with Crippen molar-refractivity contribution in [1.29, 1.82) is 0 Å². The van der Waals surface area contributed by atoms with Gasteiger partial charge >= 0.3 is 0 Å². The number of hydrogen-bond acceptors (Lipinski definition) is 6. The lowest BCUT2D eigenvalue weighted by molar-refractivity contribution is 0.248. The van der Waals surface area contributed by atoms with Crippen LogP contribution in [0.4, 0.5) is 17.5 Å². The molecule has 0 unspecified atom stereocenters. The van der Waals surface area contributed by atoms with Gasteiger partial charge in [0.2, 0.25) is 5.95 Å². The molecule has 6 heteroatoms. The van der Waals surface area contributed by atoms with Crippen LogP contribution < -0.4 is 10.6 Å². The highest BCUT2D eigenvalue weighted by molar-refractivity contribution is 5.68. The summed E-state index contributed by atoms with van der Waals surface area (Å²) in [5.41, 5.74) is 5.14. The molecule has 146 valence electrons. The summed E-state index contributed by atoms with van der Waals surface area (Å²) in [6.07, 6.45) is 3.49. The number of rotatable bonds is 7. The van der Waals surface area contributed by atoms with E-state index in [2.05, 4.69) is 59.3 Å². The second kappa shape index (κ2) is 8.80. The van der Waals surface area contributed by atoms with Crippen LogP contribution >= 0.6 is 0 Å². The number of pyridine rings is 1. The number of aromatic nitrogens is 3. The van der Waals surface area contributed by atoms with E-state index in [1.54, 1.807) is 12.4 Å². The SMILES string of the molecule is Cc1cccc(Nc2cc(-c3ccncc3)nc(N[C@H](CO)C(C)C)n2)c1C. The minimum absolute atomic E-state index is 0.0141. The summed E-state index contributed by atoms with van der Waals surface area (Å²) >= 11 is 0. The Hall–Kier alpha value is -2.99. The average Bonchev–Trinajstić information content (AvgIpc) is 2.70. The molecule has 0 aliphatic rings. The molecule has 0 radical (unpaired) electrons. The Morgan fingerprint density at radius 3 is 2.46 bits per heavy atom. The topological polar surface area (TPSA) is 83.0 Å². The molecule has 0 aliphatic carbocycles. The maximum Gasteiger partial charge on any atom is 0.225 e. The molecular formula is C22H27N5O. The standard InChI is InChI=1S/C22H27N5O/c1-14(2)20(13-28)26-22-25-19(17-8-10-23-11-9-17)12-21(27-22)24-18-7-5-6-15(3)16(18)4/h5-12,14,20,28H,13H2,1-4H3,(H2,24,25,26,27)/t20-/m1/s1. The van der Waals surface area contributed by atoms with Crippen LogP contribution in [-0.4, -0.2) is 32.7 Å². The van der Waals surface area contributed by atoms with Gasteiger partial charge in [-0.25, -0.2) is 4.98 Å². The molecule has 1 atom stereocenters. The van der Waals surface area contributed by atoms with Gasteiger partial charge in [-0.3, -0.25) is 4.98 Å². The number of benzene rings is 1. The maximum absolute atomic E-state index is 9.67. The number of anilines is 3. The second-order valence-corrected chi connectivity index (χ2v) is 7.25. The van der Waals surface area contributed by atoms with Gasteiger partial charge in [0, 0.05) is 29.7 Å². The monoisotopic (exact) mass is 377 g/mol. The number of aliphatic hydroxyl groups excluding tert-OH is 1. The predicted molar refractivity (Wildman–Crippen MR) is 114 cm³/mol. The zero-order valence-corrected chi connectivity index (χ0v) is 16.8. The third-order valence-electron chi connectivity index (χ3n) is 4.89. The molecule has 0 aliphatic heterocycles. The molecule has 2 aromatic heterocycles. The van der Waals surface area contributed by atoms with E-state index in [1.807, 2.05) is 30.3 Å². The average molecular weight is 377 g/mol. The van der Waals surface area contributed by atoms with E-state index in [0.717, 1.165) is 16.9 Å². The Kier molecular flexibility index (Phi) is 6.21. The van der Waals surface area contributed by atoms with E-state index in [1.165, 1.54) is 11.1 Å². The fourth-order valence-electron chi connectivity index (χ4n) is 2.86. The van der Waals surface area contributed by atoms with Gasteiger partial charge in [0.05, 0.1) is 18.3 Å². The third-order valence-corrected chi connectivity index (χ3v) is 4.89. The summed E-state index contributed by atoms with van der Waals surface area (Å²) in [6.45, 7) is 8.29. The molecule has 28 heavy (non-hydrogen) atoms. The van der Waals surface area contributed by atoms with E-state index in [0.29, 0.717) is 11.8 Å². The quantitative estimate of drug-likeness (QED) is 0.568. The number of aryl methyl sites for hydroxylation is 1. The van der Waals surface area contributed by atoms with Gasteiger partial charge in [-0.15, -0.1) is 0 Å². The van der Waals surface area contributed by atoms with E-state index >= 15 is 0 Å². The summed E-state index contributed by atoms with van der Waals surface area (Å²) in [6, 6.07) is 11.8. The Morgan fingerprint density at radius 2 is 1.79 bits per heavy atom. The predicted octanol–water partition coefficient (Wildman–Crippen LogP) is 4.33. The van der Waals surface area contributed by atoms with E-state index in [-0.39, 0.29) is 18.6 Å². The van der Waals surface area contributed by atoms with Gasteiger partial charge in [0.1, 0.15) is 5.82 Å². The fourth-order valence-corrected chi connectivity index (χ4v) is 2.86. The molecule has 6 nitrogen and oxygen atoms in total. The first kappa shape index (κ1) is 19.8. The minimum Gasteiger partial charge on any atom is -0.394 e. The van der Waals surface area contributed by atoms with Crippen molar-refractivity contribution in [2.75, 3.05) is 17.2 Å². The van der Waals surface area contributed by atoms with E-state index in [4.69, 9.17) is 0 Å². The Labute approximate surface area is 166 Å². The molecule has 0 fully saturated rings. The summed E-state index contributed by atoms with van der Waals surface area (Å²) in [4.78, 5) is 13.4. The van der Waals surface area contributed by atoms with Gasteiger partial charge in [0.15, 0.2) is 0 Å². The van der Waals surface area contributed by atoms with Crippen LogP contribution in [0.1, 0.15) is 25.0 Å². The van der Waals surface area contributed by atoms with Crippen LogP contribution in [0.3, 0.4) is 0 Å². The number of aliphatic hydroxyl groups is 1. The van der Waals surface area contributed by atoms with Crippen molar-refractivity contribution in [3.05, 3.63) is 59.9 Å². The fraction of sp³-hybridized carbons (Fsp3) is 0.318. The highest BCUT2D eigenvalue weighted by Gasteiger charge is 2.15. The van der Waals surface area contributed by atoms with Crippen LogP contribution in [0.5, 0.6) is 0 Å². The van der Waals surface area contributed by atoms with Crippen molar-refractivity contribution in [3.63, 3.8) is 0 Å². The molecule has 3 N–H and O–H groups in total. The van der Waals surface area contributed by atoms with Crippen molar-refractivity contribution in [1.82, 2.24) is 15.0 Å². The highest BCUT2D eigenvalue weighted by atomic mass is 16.3. The Balaban J connectivity index is 2.00. The minimum atomic E-state index is -0.124. The van der Waals surface area contributed by atoms with Crippen molar-refractivity contribution >= 4 is 17.5 Å². The molecule has 0 saturated carbocycles. The molecule has 3 aromatic rings. The second-order valence-electron chi connectivity index (χ2n) is 7.25. The molecule has 0 amide bonds. The number of hydrogen-bond donors (Lipinski definition) is 3. The van der Waals surface area contributed by atoms with Crippen molar-refractivity contribution in [2.24, 2.45) is 5.92 Å². The largest absolute Gasteiger partial charge is 0.394 e. The first-order valence-electron chi connectivity index (χ1n) is 9.48. The van der Waals surface area contributed by atoms with Crippen LogP contribution in [-0.2, 0) is 0 Å². The zero-order chi connectivity index (χ0) is 20.1. The lowest BCUT2D eigenvalue weighted by atomic mass is 10.1. The smallest absolute Gasteiger partial charge is 0.225 e. The van der Waals surface area contributed by atoms with Gasteiger partial charge in [-0.2, -0.15) is 4.98 Å². The van der Waals surface area contributed by atoms with Crippen LogP contribution in [0, 0.1) is 19.8 Å². The third kappa shape index (κ3) is 4.64. The summed E-state index contributed by atoms with van der Waals surface area (Å²) in [5, 5.41) is 16.4. The molecule has 0 saturated heterocycles. The van der Waals surface area contributed by atoms with Crippen LogP contribution in [0.2, 0.25) is 0 Å². The van der Waals surface area contributed by atoms with E-state index < -0.39 is 0 Å². The molecule has 2 heterocycles. The molecule has 0 bridgehead atoms. The van der Waals surface area contributed by atoms with Gasteiger partial charge in [0.25, 0.3) is 0 Å². The lowest BCUT2D eigenvalue weighted by Gasteiger charge is -2.21. The number of nitrogens with one attached hydrogen (secondary N) is 2. The van der Waals surface area contributed by atoms with Crippen molar-refractivity contribution in [3.8, 4) is 11.3 Å². The summed E-state index contributed by atoms with van der Waals surface area (Å²) in [5.74, 6) is 1.42. The van der Waals surface area contributed by atoms with Crippen LogP contribution in [0.25, 0.3) is 11.3 Å². The molecule has 3 rings (SSSR count). The summed E-state index contributed by atoms with van der Waals surface area (Å²) < 4.78 is 0. The normalized spacial score (nSPS) is 12.1. The van der Waals surface area contributed by atoms with Gasteiger partial charge in [-0.05, 0) is 49.1 Å². The van der Waals surface area contributed by atoms with E-state index in [9.17, 15) is 5.11 Å². The maximum atomic E-state index is 9.67. The Bertz CT molecular complexity index is 927. The Morgan fingerprint density at radius 1 is 1.04 bits per heavy atom. The van der Waals surface area contributed by atoms with Crippen molar-refractivity contribution < 1.29 is 5.11 Å². The van der Waals surface area contributed by atoms with Crippen LogP contribution in [0.15, 0.2) is 48.8 Å². The number of nitrogens with zero attached hydrogens (tertiary/aromatic N) is 3. The first-order chi connectivity index (χ1) is 13.5. The van der Waals surface area contributed by atoms with Crippen molar-refractivity contribution in [2.45, 2.75) is 33.7 Å².